The van der Waals surface area contributed by atoms with Crippen LogP contribution in [0.4, 0.5) is 23.1 Å². The lowest BCUT2D eigenvalue weighted by molar-refractivity contribution is -0.157. The van der Waals surface area contributed by atoms with E-state index >= 15 is 0 Å². The summed E-state index contributed by atoms with van der Waals surface area (Å²) in [5.41, 5.74) is 3.44. The lowest BCUT2D eigenvalue weighted by Gasteiger charge is -2.28. The quantitative estimate of drug-likeness (QED) is 0.429. The number of carbonyl (C=O) groups excluding carboxylic acids is 1. The highest BCUT2D eigenvalue weighted by atomic mass is 35.5. The predicted octanol–water partition coefficient (Wildman–Crippen LogP) is 3.21. The number of carbonyl (C=O) groups is 1. The standard InChI is InChI=1S/C27H31ClN6O5S/c1-33(2)40(36,37)24-6-4-3-5-22(24)31-25-21(28)16-29-27(32-25)30-20-8-7-18-9-11-34(12-10-19(18)15-20)26(35)23-17-38-13-14-39-23/h3-8,15-16,23H,9-14,17H2,1-2H3,(H2,29,30,31,32). The van der Waals surface area contributed by atoms with Gasteiger partial charge in [0.1, 0.15) is 9.92 Å². The number of nitrogens with zero attached hydrogens (tertiary/aromatic N) is 4. The van der Waals surface area contributed by atoms with Crippen LogP contribution in [0.3, 0.4) is 0 Å². The van der Waals surface area contributed by atoms with Gasteiger partial charge in [-0.2, -0.15) is 4.98 Å². The summed E-state index contributed by atoms with van der Waals surface area (Å²) < 4.78 is 37.7. The molecule has 0 spiro atoms. The van der Waals surface area contributed by atoms with E-state index in [1.165, 1.54) is 31.9 Å². The number of hydrogen-bond donors (Lipinski definition) is 2. The molecule has 0 bridgehead atoms. The van der Waals surface area contributed by atoms with Crippen molar-refractivity contribution in [3.8, 4) is 0 Å². The molecule has 2 aliphatic rings. The van der Waals surface area contributed by atoms with Crippen molar-refractivity contribution in [2.24, 2.45) is 0 Å². The highest BCUT2D eigenvalue weighted by molar-refractivity contribution is 7.89. The zero-order valence-corrected chi connectivity index (χ0v) is 23.8. The van der Waals surface area contributed by atoms with Gasteiger partial charge in [0.25, 0.3) is 5.91 Å². The average molecular weight is 587 g/mol. The monoisotopic (exact) mass is 586 g/mol. The van der Waals surface area contributed by atoms with E-state index < -0.39 is 16.1 Å². The molecule has 1 unspecified atom stereocenters. The Morgan fingerprint density at radius 2 is 1.85 bits per heavy atom. The van der Waals surface area contributed by atoms with Crippen molar-refractivity contribution in [2.45, 2.75) is 23.8 Å². The number of sulfonamides is 1. The number of anilines is 4. The molecule has 0 aliphatic carbocycles. The SMILES string of the molecule is CN(C)S(=O)(=O)c1ccccc1Nc1nc(Nc2ccc3c(c2)CCN(C(=O)C2COCCO2)CC3)ncc1Cl. The van der Waals surface area contributed by atoms with Gasteiger partial charge >= 0.3 is 0 Å². The molecule has 40 heavy (non-hydrogen) atoms. The van der Waals surface area contributed by atoms with Crippen molar-refractivity contribution >= 4 is 50.7 Å². The molecule has 1 aromatic heterocycles. The Balaban J connectivity index is 1.30. The molecule has 1 amide bonds. The summed E-state index contributed by atoms with van der Waals surface area (Å²) in [6.45, 7) is 2.47. The van der Waals surface area contributed by atoms with Gasteiger partial charge in [-0.05, 0) is 48.2 Å². The Morgan fingerprint density at radius 1 is 1.07 bits per heavy atom. The summed E-state index contributed by atoms with van der Waals surface area (Å²) in [6.07, 6.45) is 2.37. The van der Waals surface area contributed by atoms with E-state index in [1.54, 1.807) is 18.2 Å². The molecular weight excluding hydrogens is 556 g/mol. The molecule has 3 aromatic rings. The zero-order chi connectivity index (χ0) is 28.3. The molecule has 1 atom stereocenters. The zero-order valence-electron chi connectivity index (χ0n) is 22.3. The molecular formula is C27H31ClN6O5S. The first kappa shape index (κ1) is 28.2. The molecule has 212 valence electrons. The van der Waals surface area contributed by atoms with Crippen LogP contribution in [-0.2, 0) is 37.1 Å². The number of rotatable bonds is 7. The van der Waals surface area contributed by atoms with E-state index in [1.807, 2.05) is 23.1 Å². The van der Waals surface area contributed by atoms with E-state index in [9.17, 15) is 13.2 Å². The van der Waals surface area contributed by atoms with Crippen LogP contribution in [0.1, 0.15) is 11.1 Å². The maximum atomic E-state index is 12.9. The summed E-state index contributed by atoms with van der Waals surface area (Å²) >= 11 is 6.36. The number of amides is 1. The predicted molar refractivity (Wildman–Crippen MR) is 152 cm³/mol. The Bertz CT molecular complexity index is 1500. The fraction of sp³-hybridized carbons (Fsp3) is 0.370. The molecule has 2 aliphatic heterocycles. The fourth-order valence-electron chi connectivity index (χ4n) is 4.62. The Kier molecular flexibility index (Phi) is 8.52. The number of aromatic nitrogens is 2. The number of benzene rings is 2. The first-order valence-electron chi connectivity index (χ1n) is 12.9. The van der Waals surface area contributed by atoms with Gasteiger partial charge in [0.2, 0.25) is 16.0 Å². The van der Waals surface area contributed by atoms with Crippen LogP contribution in [0, 0.1) is 0 Å². The van der Waals surface area contributed by atoms with Crippen LogP contribution < -0.4 is 10.6 Å². The lowest BCUT2D eigenvalue weighted by atomic mass is 10.0. The van der Waals surface area contributed by atoms with Crippen LogP contribution >= 0.6 is 11.6 Å². The maximum Gasteiger partial charge on any atom is 0.254 e. The Morgan fingerprint density at radius 3 is 2.60 bits per heavy atom. The van der Waals surface area contributed by atoms with Gasteiger partial charge in [-0.25, -0.2) is 17.7 Å². The van der Waals surface area contributed by atoms with E-state index in [4.69, 9.17) is 21.1 Å². The number of halogens is 1. The van der Waals surface area contributed by atoms with Crippen molar-refractivity contribution in [3.63, 3.8) is 0 Å². The van der Waals surface area contributed by atoms with Gasteiger partial charge in [-0.15, -0.1) is 0 Å². The largest absolute Gasteiger partial charge is 0.376 e. The van der Waals surface area contributed by atoms with Gasteiger partial charge in [-0.3, -0.25) is 4.79 Å². The Labute approximate surface area is 238 Å². The van der Waals surface area contributed by atoms with Crippen molar-refractivity contribution in [1.29, 1.82) is 0 Å². The third-order valence-electron chi connectivity index (χ3n) is 6.81. The number of para-hydroxylation sites is 1. The molecule has 0 radical (unpaired) electrons. The van der Waals surface area contributed by atoms with Crippen molar-refractivity contribution in [2.75, 3.05) is 57.6 Å². The third-order valence-corrected chi connectivity index (χ3v) is 8.96. The number of ether oxygens (including phenoxy) is 2. The summed E-state index contributed by atoms with van der Waals surface area (Å²) in [6, 6.07) is 12.6. The first-order chi connectivity index (χ1) is 19.2. The van der Waals surface area contributed by atoms with E-state index in [0.29, 0.717) is 51.0 Å². The van der Waals surface area contributed by atoms with Crippen LogP contribution in [0.2, 0.25) is 5.02 Å². The van der Waals surface area contributed by atoms with Gasteiger partial charge < -0.3 is 25.0 Å². The van der Waals surface area contributed by atoms with E-state index in [2.05, 4.69) is 20.6 Å². The maximum absolute atomic E-state index is 12.9. The number of fused-ring (bicyclic) bond motifs is 1. The molecule has 2 N–H and O–H groups in total. The summed E-state index contributed by atoms with van der Waals surface area (Å²) in [5, 5.41) is 6.49. The molecule has 3 heterocycles. The molecule has 5 rings (SSSR count). The van der Waals surface area contributed by atoms with Crippen LogP contribution in [0.15, 0.2) is 53.6 Å². The minimum absolute atomic E-state index is 0.0274. The van der Waals surface area contributed by atoms with Crippen molar-refractivity contribution < 1.29 is 22.7 Å². The van der Waals surface area contributed by atoms with Crippen LogP contribution in [-0.4, -0.2) is 86.6 Å². The first-order valence-corrected chi connectivity index (χ1v) is 14.7. The highest BCUT2D eigenvalue weighted by Gasteiger charge is 2.29. The highest BCUT2D eigenvalue weighted by Crippen LogP contribution is 2.30. The molecule has 2 aromatic carbocycles. The van der Waals surface area contributed by atoms with E-state index in [-0.39, 0.29) is 21.6 Å². The average Bonchev–Trinajstić information content (AvgIpc) is 3.17. The van der Waals surface area contributed by atoms with Crippen molar-refractivity contribution in [3.05, 3.63) is 64.8 Å². The topological polar surface area (TPSA) is 126 Å². The summed E-state index contributed by atoms with van der Waals surface area (Å²) in [4.78, 5) is 23.6. The van der Waals surface area contributed by atoms with Crippen molar-refractivity contribution in [1.82, 2.24) is 19.2 Å². The van der Waals surface area contributed by atoms with Gasteiger partial charge in [0, 0.05) is 32.9 Å². The summed E-state index contributed by atoms with van der Waals surface area (Å²) in [7, 11) is -0.748. The summed E-state index contributed by atoms with van der Waals surface area (Å²) in [5.74, 6) is 0.526. The fourth-order valence-corrected chi connectivity index (χ4v) is 5.80. The van der Waals surface area contributed by atoms with Crippen LogP contribution in [0.25, 0.3) is 0 Å². The molecule has 1 saturated heterocycles. The normalized spacial score (nSPS) is 17.7. The van der Waals surface area contributed by atoms with Gasteiger partial charge in [0.15, 0.2) is 11.9 Å². The van der Waals surface area contributed by atoms with Gasteiger partial charge in [-0.1, -0.05) is 29.8 Å². The third kappa shape index (κ3) is 6.21. The number of hydrogen-bond acceptors (Lipinski definition) is 9. The molecule has 13 heteroatoms. The second-order valence-electron chi connectivity index (χ2n) is 9.67. The second-order valence-corrected chi connectivity index (χ2v) is 12.2. The smallest absolute Gasteiger partial charge is 0.254 e. The minimum atomic E-state index is -3.70. The number of nitrogens with one attached hydrogen (secondary N) is 2. The minimum Gasteiger partial charge on any atom is -0.376 e. The lowest BCUT2D eigenvalue weighted by Crippen LogP contribution is -2.46. The molecule has 0 saturated carbocycles. The second kappa shape index (κ2) is 12.1. The molecule has 1 fully saturated rings. The molecule has 11 nitrogen and oxygen atoms in total. The van der Waals surface area contributed by atoms with Gasteiger partial charge in [0.05, 0.1) is 31.7 Å². The van der Waals surface area contributed by atoms with Crippen LogP contribution in [0.5, 0.6) is 0 Å². The Hall–Kier alpha value is -3.29. The van der Waals surface area contributed by atoms with E-state index in [0.717, 1.165) is 22.0 Å².